The Labute approximate surface area is 83.2 Å². The van der Waals surface area contributed by atoms with Crippen LogP contribution in [0.4, 0.5) is 0 Å². The first-order chi connectivity index (χ1) is 6.20. The van der Waals surface area contributed by atoms with Gasteiger partial charge in [0.25, 0.3) is 0 Å². The highest BCUT2D eigenvalue weighted by Gasteiger charge is 2.31. The van der Waals surface area contributed by atoms with Gasteiger partial charge in [-0.3, -0.25) is 0 Å². The van der Waals surface area contributed by atoms with Crippen LogP contribution in [0.2, 0.25) is 0 Å². The molecule has 1 saturated carbocycles. The number of phenolic OH excluding ortho intramolecular Hbond substituents is 1. The lowest BCUT2D eigenvalue weighted by molar-refractivity contribution is 0.444. The van der Waals surface area contributed by atoms with Crippen LogP contribution in [0.5, 0.6) is 5.75 Å². The maximum Gasteiger partial charge on any atom is 0.133 e. The predicted molar refractivity (Wildman–Crippen MR) is 55.0 cm³/mol. The molecule has 0 saturated heterocycles. The van der Waals surface area contributed by atoms with Crippen LogP contribution in [0.3, 0.4) is 0 Å². The second kappa shape index (κ2) is 3.24. The lowest BCUT2D eigenvalue weighted by Crippen LogP contribution is -2.12. The molecule has 1 aromatic rings. The summed E-state index contributed by atoms with van der Waals surface area (Å²) < 4.78 is 0. The third kappa shape index (κ3) is 1.67. The highest BCUT2D eigenvalue weighted by molar-refractivity contribution is 7.80. The van der Waals surface area contributed by atoms with E-state index >= 15 is 0 Å². The van der Waals surface area contributed by atoms with Gasteiger partial charge < -0.3 is 10.8 Å². The van der Waals surface area contributed by atoms with Crippen LogP contribution >= 0.6 is 12.6 Å². The van der Waals surface area contributed by atoms with Crippen LogP contribution in [-0.2, 0) is 0 Å². The summed E-state index contributed by atoms with van der Waals surface area (Å²) in [6, 6.07) is 5.49. The Hall–Kier alpha value is -0.670. The van der Waals surface area contributed by atoms with Crippen LogP contribution in [0.15, 0.2) is 23.1 Å². The zero-order chi connectivity index (χ0) is 9.42. The molecular weight excluding hydrogens is 182 g/mol. The van der Waals surface area contributed by atoms with Crippen LogP contribution in [-0.4, -0.2) is 5.11 Å². The number of aromatic hydroxyl groups is 1. The van der Waals surface area contributed by atoms with Crippen molar-refractivity contribution in [1.82, 2.24) is 0 Å². The monoisotopic (exact) mass is 195 g/mol. The fourth-order valence-corrected chi connectivity index (χ4v) is 1.74. The molecular formula is C10H13NOS. The van der Waals surface area contributed by atoms with Gasteiger partial charge in [-0.15, -0.1) is 12.6 Å². The lowest BCUT2D eigenvalue weighted by Gasteiger charge is -2.13. The Morgan fingerprint density at radius 2 is 2.15 bits per heavy atom. The van der Waals surface area contributed by atoms with Gasteiger partial charge in [-0.25, -0.2) is 0 Å². The fourth-order valence-electron chi connectivity index (χ4n) is 1.53. The zero-order valence-corrected chi connectivity index (χ0v) is 8.17. The Morgan fingerprint density at radius 1 is 1.46 bits per heavy atom. The summed E-state index contributed by atoms with van der Waals surface area (Å²) in [5.74, 6) is 0.797. The summed E-state index contributed by atoms with van der Waals surface area (Å²) in [4.78, 5) is 0.605. The van der Waals surface area contributed by atoms with Crippen molar-refractivity contribution in [2.45, 2.75) is 23.8 Å². The summed E-state index contributed by atoms with van der Waals surface area (Å²) in [6.45, 7) is 0. The number of phenols is 1. The minimum absolute atomic E-state index is 0.0212. The van der Waals surface area contributed by atoms with E-state index in [1.54, 1.807) is 6.07 Å². The van der Waals surface area contributed by atoms with E-state index in [1.807, 2.05) is 12.1 Å². The third-order valence-electron chi connectivity index (χ3n) is 2.53. The van der Waals surface area contributed by atoms with Crippen molar-refractivity contribution in [3.8, 4) is 5.75 Å². The molecule has 0 spiro atoms. The molecule has 3 N–H and O–H groups in total. The van der Waals surface area contributed by atoms with Crippen LogP contribution in [0, 0.1) is 5.92 Å². The van der Waals surface area contributed by atoms with Crippen molar-refractivity contribution in [3.05, 3.63) is 23.8 Å². The van der Waals surface area contributed by atoms with Gasteiger partial charge >= 0.3 is 0 Å². The van der Waals surface area contributed by atoms with E-state index in [-0.39, 0.29) is 11.8 Å². The molecule has 0 unspecified atom stereocenters. The average Bonchev–Trinajstić information content (AvgIpc) is 2.91. The van der Waals surface area contributed by atoms with E-state index in [0.29, 0.717) is 10.8 Å². The Bertz CT molecular complexity index is 323. The van der Waals surface area contributed by atoms with E-state index in [9.17, 15) is 5.11 Å². The van der Waals surface area contributed by atoms with Gasteiger partial charge in [-0.2, -0.15) is 0 Å². The molecule has 0 amide bonds. The van der Waals surface area contributed by atoms with Crippen molar-refractivity contribution in [2.75, 3.05) is 0 Å². The first-order valence-corrected chi connectivity index (χ1v) is 4.91. The Kier molecular flexibility index (Phi) is 2.22. The van der Waals surface area contributed by atoms with Crippen molar-refractivity contribution < 1.29 is 5.11 Å². The zero-order valence-electron chi connectivity index (χ0n) is 7.27. The molecule has 70 valence electrons. The second-order valence-electron chi connectivity index (χ2n) is 3.58. The SMILES string of the molecule is N[C@@H](c1cccc(S)c1O)C1CC1. The quantitative estimate of drug-likeness (QED) is 0.633. The second-order valence-corrected chi connectivity index (χ2v) is 4.06. The summed E-state index contributed by atoms with van der Waals surface area (Å²) in [6.07, 6.45) is 2.36. The summed E-state index contributed by atoms with van der Waals surface area (Å²) in [5.41, 5.74) is 6.80. The number of nitrogens with two attached hydrogens (primary N) is 1. The Morgan fingerprint density at radius 3 is 2.77 bits per heavy atom. The first-order valence-electron chi connectivity index (χ1n) is 4.46. The summed E-state index contributed by atoms with van der Waals surface area (Å²) >= 11 is 4.15. The van der Waals surface area contributed by atoms with Gasteiger partial charge in [-0.1, -0.05) is 12.1 Å². The predicted octanol–water partition coefficient (Wildman–Crippen LogP) is 2.09. The largest absolute Gasteiger partial charge is 0.506 e. The number of thiol groups is 1. The smallest absolute Gasteiger partial charge is 0.133 e. The van der Waals surface area contributed by atoms with E-state index in [4.69, 9.17) is 5.73 Å². The standard InChI is InChI=1S/C10H13NOS/c11-9(6-4-5-6)7-2-1-3-8(13)10(7)12/h1-3,6,9,12-13H,4-5,11H2/t9-/m1/s1. The number of hydrogen-bond donors (Lipinski definition) is 3. The normalized spacial score (nSPS) is 18.6. The van der Waals surface area contributed by atoms with Crippen molar-refractivity contribution >= 4 is 12.6 Å². The fraction of sp³-hybridized carbons (Fsp3) is 0.400. The number of hydrogen-bond acceptors (Lipinski definition) is 3. The minimum Gasteiger partial charge on any atom is -0.506 e. The summed E-state index contributed by atoms with van der Waals surface area (Å²) in [7, 11) is 0. The third-order valence-corrected chi connectivity index (χ3v) is 2.90. The van der Waals surface area contributed by atoms with E-state index < -0.39 is 0 Å². The molecule has 0 aliphatic heterocycles. The molecule has 1 fully saturated rings. The average molecular weight is 195 g/mol. The molecule has 0 radical (unpaired) electrons. The van der Waals surface area contributed by atoms with Crippen molar-refractivity contribution in [2.24, 2.45) is 11.7 Å². The first kappa shape index (κ1) is 8.91. The van der Waals surface area contributed by atoms with Gasteiger partial charge in [0.15, 0.2) is 0 Å². The van der Waals surface area contributed by atoms with E-state index in [1.165, 1.54) is 12.8 Å². The molecule has 0 heterocycles. The lowest BCUT2D eigenvalue weighted by atomic mass is 10.0. The molecule has 0 bridgehead atoms. The van der Waals surface area contributed by atoms with Crippen LogP contribution < -0.4 is 5.73 Å². The van der Waals surface area contributed by atoms with Crippen LogP contribution in [0.25, 0.3) is 0 Å². The highest BCUT2D eigenvalue weighted by atomic mass is 32.1. The van der Waals surface area contributed by atoms with Gasteiger partial charge in [0, 0.05) is 16.5 Å². The molecule has 1 aromatic carbocycles. The summed E-state index contributed by atoms with van der Waals surface area (Å²) in [5, 5.41) is 9.69. The van der Waals surface area contributed by atoms with Crippen LogP contribution in [0.1, 0.15) is 24.4 Å². The van der Waals surface area contributed by atoms with E-state index in [0.717, 1.165) is 5.56 Å². The minimum atomic E-state index is -0.0212. The van der Waals surface area contributed by atoms with Gasteiger partial charge in [0.2, 0.25) is 0 Å². The number of rotatable bonds is 2. The maximum absolute atomic E-state index is 9.69. The maximum atomic E-state index is 9.69. The van der Waals surface area contributed by atoms with Gasteiger partial charge in [-0.05, 0) is 24.8 Å². The molecule has 1 aliphatic carbocycles. The molecule has 2 rings (SSSR count). The van der Waals surface area contributed by atoms with Crippen molar-refractivity contribution in [3.63, 3.8) is 0 Å². The molecule has 2 nitrogen and oxygen atoms in total. The highest BCUT2D eigenvalue weighted by Crippen LogP contribution is 2.42. The van der Waals surface area contributed by atoms with Gasteiger partial charge in [0.05, 0.1) is 0 Å². The number of para-hydroxylation sites is 1. The molecule has 13 heavy (non-hydrogen) atoms. The van der Waals surface area contributed by atoms with Gasteiger partial charge in [0.1, 0.15) is 5.75 Å². The topological polar surface area (TPSA) is 46.2 Å². The number of benzene rings is 1. The molecule has 1 aliphatic rings. The molecule has 1 atom stereocenters. The molecule has 3 heteroatoms. The van der Waals surface area contributed by atoms with Crippen molar-refractivity contribution in [1.29, 1.82) is 0 Å². The van der Waals surface area contributed by atoms with E-state index in [2.05, 4.69) is 12.6 Å². The molecule has 0 aromatic heterocycles. The Balaban J connectivity index is 2.32.